The van der Waals surface area contributed by atoms with Crippen molar-refractivity contribution in [3.05, 3.63) is 71.3 Å². The highest BCUT2D eigenvalue weighted by atomic mass is 19.1. The number of piperidine rings is 1. The monoisotopic (exact) mass is 522 g/mol. The molecule has 0 bridgehead atoms. The number of hydrogen-bond donors (Lipinski definition) is 5. The van der Waals surface area contributed by atoms with Crippen molar-refractivity contribution in [1.82, 2.24) is 20.5 Å². The summed E-state index contributed by atoms with van der Waals surface area (Å²) >= 11 is 0. The van der Waals surface area contributed by atoms with Gasteiger partial charge in [-0.2, -0.15) is 0 Å². The molecule has 2 atom stereocenters. The molecule has 0 aliphatic carbocycles. The van der Waals surface area contributed by atoms with Crippen LogP contribution >= 0.6 is 0 Å². The van der Waals surface area contributed by atoms with Crippen LogP contribution in [-0.2, 0) is 16.1 Å². The number of allylic oxidation sites excluding steroid dienone is 1. The number of primary amides is 1. The maximum Gasteiger partial charge on any atom is 0.248 e. The number of hydrogen-bond acceptors (Lipinski definition) is 9. The molecule has 3 aliphatic rings. The number of benzene rings is 1. The minimum Gasteiger partial charge on any atom is -0.397 e. The van der Waals surface area contributed by atoms with Gasteiger partial charge >= 0.3 is 0 Å². The van der Waals surface area contributed by atoms with E-state index in [1.165, 1.54) is 5.56 Å². The first-order valence-electron chi connectivity index (χ1n) is 13.0. The van der Waals surface area contributed by atoms with Gasteiger partial charge in [0.15, 0.2) is 0 Å². The Morgan fingerprint density at radius 3 is 2.63 bits per heavy atom. The number of carbonyl (C=O) groups is 1. The lowest BCUT2D eigenvalue weighted by molar-refractivity contribution is -0.114. The highest BCUT2D eigenvalue weighted by Gasteiger charge is 2.31. The van der Waals surface area contributed by atoms with Gasteiger partial charge in [-0.25, -0.2) is 9.37 Å². The predicted molar refractivity (Wildman–Crippen MR) is 146 cm³/mol. The maximum absolute atomic E-state index is 15.2. The van der Waals surface area contributed by atoms with Crippen molar-refractivity contribution in [2.45, 2.75) is 25.2 Å². The summed E-state index contributed by atoms with van der Waals surface area (Å²) in [6.45, 7) is 5.39. The zero-order valence-electron chi connectivity index (χ0n) is 21.3. The Labute approximate surface area is 221 Å². The van der Waals surface area contributed by atoms with Gasteiger partial charge in [-0.15, -0.1) is 0 Å². The van der Waals surface area contributed by atoms with Crippen LogP contribution in [0.15, 0.2) is 65.8 Å². The van der Waals surface area contributed by atoms with Gasteiger partial charge in [-0.1, -0.05) is 12.1 Å². The number of nitrogens with two attached hydrogens (primary N) is 2. The van der Waals surface area contributed by atoms with E-state index < -0.39 is 18.1 Å². The van der Waals surface area contributed by atoms with Crippen molar-refractivity contribution in [3.8, 4) is 0 Å². The number of morpholine rings is 1. The van der Waals surface area contributed by atoms with Crippen molar-refractivity contribution in [2.75, 3.05) is 61.9 Å². The summed E-state index contributed by atoms with van der Waals surface area (Å²) in [4.78, 5) is 20.7. The van der Waals surface area contributed by atoms with Gasteiger partial charge in [0.1, 0.15) is 17.8 Å². The number of anilines is 3. The van der Waals surface area contributed by atoms with E-state index in [2.05, 4.69) is 38.0 Å². The van der Waals surface area contributed by atoms with E-state index in [0.717, 1.165) is 38.5 Å². The van der Waals surface area contributed by atoms with E-state index in [-0.39, 0.29) is 13.1 Å². The molecule has 7 N–H and O–H groups in total. The number of amides is 1. The third-order valence-electron chi connectivity index (χ3n) is 7.09. The van der Waals surface area contributed by atoms with Crippen LogP contribution in [0.1, 0.15) is 12.0 Å². The van der Waals surface area contributed by atoms with Gasteiger partial charge in [-0.05, 0) is 36.2 Å². The number of carbonyl (C=O) groups excluding carboxylic acids is 1. The Bertz CT molecular complexity index is 1180. The quantitative estimate of drug-likeness (QED) is 0.348. The molecule has 0 spiro atoms. The van der Waals surface area contributed by atoms with Gasteiger partial charge in [0.2, 0.25) is 5.91 Å². The van der Waals surface area contributed by atoms with Crippen molar-refractivity contribution in [3.63, 3.8) is 0 Å². The standard InChI is InChI=1S/C27H35FN8O2/c28-22-17-36(26-6-3-19(29)14-32-26)8-7-23(22)34-24-13-25(31-15-21(24)27(30)37)33-20-4-1-18(2-5-20)16-35-9-11-38-12-10-35/h1-6,13-14,22-23,31,33-34H,7-12,15-17,29H2,(H2,30,37)/t22-,23+/m0/s1. The second-order valence-corrected chi connectivity index (χ2v) is 9.83. The molecule has 0 saturated carbocycles. The lowest BCUT2D eigenvalue weighted by atomic mass is 10.0. The van der Waals surface area contributed by atoms with E-state index >= 15 is 4.39 Å². The number of nitrogens with zero attached hydrogens (tertiary/aromatic N) is 3. The fourth-order valence-electron chi connectivity index (χ4n) is 4.92. The summed E-state index contributed by atoms with van der Waals surface area (Å²) in [5.41, 5.74) is 15.0. The summed E-state index contributed by atoms with van der Waals surface area (Å²) < 4.78 is 20.7. The molecular weight excluding hydrogens is 487 g/mol. The number of ether oxygens (including phenoxy) is 1. The van der Waals surface area contributed by atoms with Crippen LogP contribution in [0.5, 0.6) is 0 Å². The van der Waals surface area contributed by atoms with Gasteiger partial charge in [-0.3, -0.25) is 9.69 Å². The number of dihydropyridines is 1. The molecule has 1 aromatic heterocycles. The number of halogens is 1. The molecule has 1 aromatic carbocycles. The van der Waals surface area contributed by atoms with Crippen LogP contribution in [0.3, 0.4) is 0 Å². The third kappa shape index (κ3) is 6.35. The second kappa shape index (κ2) is 11.7. The number of alkyl halides is 1. The van der Waals surface area contributed by atoms with Crippen LogP contribution < -0.4 is 32.3 Å². The summed E-state index contributed by atoms with van der Waals surface area (Å²) in [5.74, 6) is 0.862. The van der Waals surface area contributed by atoms with E-state index in [1.807, 2.05) is 17.0 Å². The third-order valence-corrected chi connectivity index (χ3v) is 7.09. The van der Waals surface area contributed by atoms with Gasteiger partial charge in [0.25, 0.3) is 0 Å². The van der Waals surface area contributed by atoms with Crippen LogP contribution in [0.4, 0.5) is 21.6 Å². The molecule has 4 heterocycles. The number of aromatic nitrogens is 1. The fourth-order valence-corrected chi connectivity index (χ4v) is 4.92. The zero-order chi connectivity index (χ0) is 26.5. The molecular formula is C27H35FN8O2. The molecule has 11 heteroatoms. The van der Waals surface area contributed by atoms with Crippen molar-refractivity contribution >= 4 is 23.1 Å². The molecule has 38 heavy (non-hydrogen) atoms. The highest BCUT2D eigenvalue weighted by Crippen LogP contribution is 2.23. The van der Waals surface area contributed by atoms with E-state index in [1.54, 1.807) is 24.4 Å². The number of rotatable bonds is 8. The van der Waals surface area contributed by atoms with Crippen molar-refractivity contribution in [1.29, 1.82) is 0 Å². The highest BCUT2D eigenvalue weighted by molar-refractivity contribution is 5.94. The van der Waals surface area contributed by atoms with E-state index in [9.17, 15) is 4.79 Å². The number of nitrogens with one attached hydrogen (secondary N) is 3. The normalized spacial score (nSPS) is 22.4. The first-order chi connectivity index (χ1) is 18.4. The predicted octanol–water partition coefficient (Wildman–Crippen LogP) is 1.30. The average Bonchev–Trinajstić information content (AvgIpc) is 2.92. The lowest BCUT2D eigenvalue weighted by Gasteiger charge is -2.37. The fraction of sp³-hybridized carbons (Fsp3) is 0.407. The first kappa shape index (κ1) is 25.8. The Morgan fingerprint density at radius 2 is 1.95 bits per heavy atom. The lowest BCUT2D eigenvalue weighted by Crippen LogP contribution is -2.51. The van der Waals surface area contributed by atoms with Gasteiger partial charge in [0.05, 0.1) is 43.3 Å². The molecule has 5 rings (SSSR count). The van der Waals surface area contributed by atoms with Crippen LogP contribution in [0.25, 0.3) is 0 Å². The van der Waals surface area contributed by atoms with Crippen LogP contribution in [-0.4, -0.2) is 73.9 Å². The summed E-state index contributed by atoms with van der Waals surface area (Å²) in [7, 11) is 0. The molecule has 1 amide bonds. The second-order valence-electron chi connectivity index (χ2n) is 9.83. The summed E-state index contributed by atoms with van der Waals surface area (Å²) in [6.07, 6.45) is 2.73. The van der Waals surface area contributed by atoms with E-state index in [4.69, 9.17) is 16.2 Å². The number of pyridine rings is 1. The molecule has 0 radical (unpaired) electrons. The molecule has 10 nitrogen and oxygen atoms in total. The van der Waals surface area contributed by atoms with Crippen LogP contribution in [0, 0.1) is 0 Å². The largest absolute Gasteiger partial charge is 0.397 e. The molecule has 2 aromatic rings. The van der Waals surface area contributed by atoms with Gasteiger partial charge < -0.3 is 37.1 Å². The van der Waals surface area contributed by atoms with Gasteiger partial charge in [0, 0.05) is 50.2 Å². The minimum absolute atomic E-state index is 0.192. The maximum atomic E-state index is 15.2. The molecule has 0 unspecified atom stereocenters. The Balaban J connectivity index is 1.22. The zero-order valence-corrected chi connectivity index (χ0v) is 21.3. The smallest absolute Gasteiger partial charge is 0.248 e. The van der Waals surface area contributed by atoms with Crippen molar-refractivity contribution < 1.29 is 13.9 Å². The average molecular weight is 523 g/mol. The first-order valence-corrected chi connectivity index (χ1v) is 13.0. The SMILES string of the molecule is NC(=O)C1=C(N[C@@H]2CCN(c3ccc(N)cn3)C[C@@H]2F)C=C(Nc2ccc(CN3CCOCC3)cc2)NC1. The molecule has 2 fully saturated rings. The van der Waals surface area contributed by atoms with Crippen molar-refractivity contribution in [2.24, 2.45) is 5.73 Å². The topological polar surface area (TPSA) is 134 Å². The van der Waals surface area contributed by atoms with Crippen LogP contribution in [0.2, 0.25) is 0 Å². The Morgan fingerprint density at radius 1 is 1.16 bits per heavy atom. The number of nitrogen functional groups attached to an aromatic ring is 1. The minimum atomic E-state index is -1.16. The molecule has 202 valence electrons. The van der Waals surface area contributed by atoms with E-state index in [0.29, 0.717) is 41.6 Å². The molecule has 2 saturated heterocycles. The Hall–Kier alpha value is -3.83. The Kier molecular flexibility index (Phi) is 7.94. The summed E-state index contributed by atoms with van der Waals surface area (Å²) in [6, 6.07) is 11.3. The summed E-state index contributed by atoms with van der Waals surface area (Å²) in [5, 5.41) is 9.81. The molecule has 3 aliphatic heterocycles.